The van der Waals surface area contributed by atoms with Crippen molar-refractivity contribution in [2.75, 3.05) is 39.4 Å². The number of aliphatic hydroxyl groups is 1. The number of carbonyl (C=O) groups excluding carboxylic acids is 2. The molecule has 0 radical (unpaired) electrons. The van der Waals surface area contributed by atoms with Gasteiger partial charge < -0.3 is 19.6 Å². The minimum Gasteiger partial charge on any atom is -0.394 e. The maximum absolute atomic E-state index is 12.5. The molecule has 1 saturated carbocycles. The summed E-state index contributed by atoms with van der Waals surface area (Å²) in [5.74, 6) is 0.732. The molecule has 2 saturated heterocycles. The highest BCUT2D eigenvalue weighted by atomic mass is 16.5. The summed E-state index contributed by atoms with van der Waals surface area (Å²) in [5.41, 5.74) is 0. The topological polar surface area (TPSA) is 70.1 Å². The second kappa shape index (κ2) is 6.32. The van der Waals surface area contributed by atoms with Gasteiger partial charge in [0.2, 0.25) is 11.8 Å². The molecule has 118 valence electrons. The van der Waals surface area contributed by atoms with Crippen LogP contribution in [0.3, 0.4) is 0 Å². The molecule has 3 aliphatic rings. The molecule has 3 rings (SSSR count). The Hall–Kier alpha value is -1.14. The Kier molecular flexibility index (Phi) is 4.45. The first-order valence-electron chi connectivity index (χ1n) is 7.99. The molecule has 21 heavy (non-hydrogen) atoms. The minimum absolute atomic E-state index is 0.0192. The molecule has 0 aromatic heterocycles. The lowest BCUT2D eigenvalue weighted by Crippen LogP contribution is -2.51. The Balaban J connectivity index is 1.49. The number of aliphatic hydroxyl groups excluding tert-OH is 1. The standard InChI is InChI=1S/C15H24N2O4/c18-10-13-9-17(7-8-21-13)15(20)12-3-5-16(6-4-12)14(19)11-1-2-11/h11-13,18H,1-10H2. The fourth-order valence-corrected chi connectivity index (χ4v) is 3.22. The van der Waals surface area contributed by atoms with E-state index in [2.05, 4.69) is 0 Å². The molecular weight excluding hydrogens is 272 g/mol. The van der Waals surface area contributed by atoms with Crippen LogP contribution in [-0.2, 0) is 14.3 Å². The monoisotopic (exact) mass is 296 g/mol. The van der Waals surface area contributed by atoms with Gasteiger partial charge in [-0.25, -0.2) is 0 Å². The van der Waals surface area contributed by atoms with Crippen LogP contribution in [0.1, 0.15) is 25.7 Å². The summed E-state index contributed by atoms with van der Waals surface area (Å²) in [7, 11) is 0. The average Bonchev–Trinajstić information content (AvgIpc) is 3.38. The smallest absolute Gasteiger partial charge is 0.225 e. The summed E-state index contributed by atoms with van der Waals surface area (Å²) >= 11 is 0. The van der Waals surface area contributed by atoms with Crippen LogP contribution < -0.4 is 0 Å². The highest BCUT2D eigenvalue weighted by Gasteiger charge is 2.37. The van der Waals surface area contributed by atoms with Gasteiger partial charge in [0.15, 0.2) is 0 Å². The first-order valence-corrected chi connectivity index (χ1v) is 7.99. The molecule has 1 aliphatic carbocycles. The van der Waals surface area contributed by atoms with E-state index < -0.39 is 0 Å². The van der Waals surface area contributed by atoms with Crippen LogP contribution in [0.25, 0.3) is 0 Å². The second-order valence-electron chi connectivity index (χ2n) is 6.33. The van der Waals surface area contributed by atoms with E-state index in [0.29, 0.717) is 32.8 Å². The van der Waals surface area contributed by atoms with Crippen molar-refractivity contribution in [2.24, 2.45) is 11.8 Å². The highest BCUT2D eigenvalue weighted by Crippen LogP contribution is 2.32. The zero-order valence-corrected chi connectivity index (χ0v) is 12.4. The van der Waals surface area contributed by atoms with Gasteiger partial charge >= 0.3 is 0 Å². The van der Waals surface area contributed by atoms with Gasteiger partial charge in [0, 0.05) is 38.0 Å². The van der Waals surface area contributed by atoms with E-state index in [1.54, 1.807) is 0 Å². The third kappa shape index (κ3) is 3.37. The Morgan fingerprint density at radius 1 is 0.952 bits per heavy atom. The number of nitrogens with zero attached hydrogens (tertiary/aromatic N) is 2. The molecule has 0 bridgehead atoms. The molecule has 2 aliphatic heterocycles. The van der Waals surface area contributed by atoms with Gasteiger partial charge in [-0.05, 0) is 25.7 Å². The fraction of sp³-hybridized carbons (Fsp3) is 0.867. The molecule has 2 heterocycles. The largest absolute Gasteiger partial charge is 0.394 e. The summed E-state index contributed by atoms with van der Waals surface area (Å²) in [5, 5.41) is 9.15. The van der Waals surface area contributed by atoms with Gasteiger partial charge in [-0.2, -0.15) is 0 Å². The quantitative estimate of drug-likeness (QED) is 0.786. The van der Waals surface area contributed by atoms with Crippen molar-refractivity contribution in [2.45, 2.75) is 31.8 Å². The number of hydrogen-bond acceptors (Lipinski definition) is 4. The van der Waals surface area contributed by atoms with Crippen LogP contribution in [0.5, 0.6) is 0 Å². The van der Waals surface area contributed by atoms with E-state index in [9.17, 15) is 9.59 Å². The van der Waals surface area contributed by atoms with Gasteiger partial charge in [-0.1, -0.05) is 0 Å². The molecule has 3 fully saturated rings. The molecule has 0 spiro atoms. The van der Waals surface area contributed by atoms with Crippen molar-refractivity contribution in [3.8, 4) is 0 Å². The van der Waals surface area contributed by atoms with E-state index in [1.165, 1.54) is 0 Å². The van der Waals surface area contributed by atoms with Crippen molar-refractivity contribution in [3.05, 3.63) is 0 Å². The Bertz CT molecular complexity index is 402. The third-order valence-corrected chi connectivity index (χ3v) is 4.74. The second-order valence-corrected chi connectivity index (χ2v) is 6.33. The van der Waals surface area contributed by atoms with Gasteiger partial charge in [-0.15, -0.1) is 0 Å². The highest BCUT2D eigenvalue weighted by molar-refractivity contribution is 5.82. The predicted molar refractivity (Wildman–Crippen MR) is 75.4 cm³/mol. The lowest BCUT2D eigenvalue weighted by atomic mass is 9.94. The van der Waals surface area contributed by atoms with Crippen LogP contribution in [0.15, 0.2) is 0 Å². The Morgan fingerprint density at radius 2 is 1.57 bits per heavy atom. The molecule has 6 nitrogen and oxygen atoms in total. The minimum atomic E-state index is -0.251. The molecule has 1 atom stereocenters. The SMILES string of the molecule is O=C(C1CC1)N1CCC(C(=O)N2CCOC(CO)C2)CC1. The maximum Gasteiger partial charge on any atom is 0.225 e. The number of amides is 2. The van der Waals surface area contributed by atoms with Gasteiger partial charge in [0.1, 0.15) is 0 Å². The molecule has 1 unspecified atom stereocenters. The first kappa shape index (κ1) is 14.8. The normalized spacial score (nSPS) is 27.8. The first-order chi connectivity index (χ1) is 10.2. The van der Waals surface area contributed by atoms with Crippen LogP contribution in [-0.4, -0.2) is 72.2 Å². The summed E-state index contributed by atoms with van der Waals surface area (Å²) < 4.78 is 5.38. The lowest BCUT2D eigenvalue weighted by molar-refractivity contribution is -0.148. The van der Waals surface area contributed by atoms with Crippen LogP contribution in [0, 0.1) is 11.8 Å². The zero-order valence-electron chi connectivity index (χ0n) is 12.4. The van der Waals surface area contributed by atoms with E-state index >= 15 is 0 Å². The van der Waals surface area contributed by atoms with E-state index in [4.69, 9.17) is 9.84 Å². The number of rotatable bonds is 3. The predicted octanol–water partition coefficient (Wildman–Crippen LogP) is -0.145. The molecule has 6 heteroatoms. The zero-order chi connectivity index (χ0) is 14.8. The van der Waals surface area contributed by atoms with Crippen molar-refractivity contribution in [3.63, 3.8) is 0 Å². The summed E-state index contributed by atoms with van der Waals surface area (Å²) in [6.45, 7) is 2.96. The molecule has 0 aromatic carbocycles. The van der Waals surface area contributed by atoms with Crippen molar-refractivity contribution in [1.29, 1.82) is 0 Å². The molecular formula is C15H24N2O4. The van der Waals surface area contributed by atoms with E-state index in [0.717, 1.165) is 25.7 Å². The van der Waals surface area contributed by atoms with Crippen LogP contribution in [0.2, 0.25) is 0 Å². The summed E-state index contributed by atoms with van der Waals surface area (Å²) in [6, 6.07) is 0. The molecule has 1 N–H and O–H groups in total. The van der Waals surface area contributed by atoms with Gasteiger partial charge in [-0.3, -0.25) is 9.59 Å². The fourth-order valence-electron chi connectivity index (χ4n) is 3.22. The van der Waals surface area contributed by atoms with Crippen molar-refractivity contribution >= 4 is 11.8 Å². The van der Waals surface area contributed by atoms with Gasteiger partial charge in [0.05, 0.1) is 19.3 Å². The molecule has 2 amide bonds. The van der Waals surface area contributed by atoms with Crippen molar-refractivity contribution < 1.29 is 19.4 Å². The van der Waals surface area contributed by atoms with Crippen LogP contribution >= 0.6 is 0 Å². The lowest BCUT2D eigenvalue weighted by Gasteiger charge is -2.37. The van der Waals surface area contributed by atoms with Crippen LogP contribution in [0.4, 0.5) is 0 Å². The summed E-state index contributed by atoms with van der Waals surface area (Å²) in [4.78, 5) is 28.3. The Morgan fingerprint density at radius 3 is 2.19 bits per heavy atom. The van der Waals surface area contributed by atoms with Gasteiger partial charge in [0.25, 0.3) is 0 Å². The number of piperidine rings is 1. The number of hydrogen-bond donors (Lipinski definition) is 1. The molecule has 0 aromatic rings. The Labute approximate surface area is 125 Å². The maximum atomic E-state index is 12.5. The van der Waals surface area contributed by atoms with E-state index in [1.807, 2.05) is 9.80 Å². The summed E-state index contributed by atoms with van der Waals surface area (Å²) in [6.07, 6.45) is 3.35. The average molecular weight is 296 g/mol. The number of carbonyl (C=O) groups is 2. The number of ether oxygens (including phenoxy) is 1. The number of morpholine rings is 1. The number of likely N-dealkylation sites (tertiary alicyclic amines) is 1. The third-order valence-electron chi connectivity index (χ3n) is 4.74. The van der Waals surface area contributed by atoms with E-state index in [-0.39, 0.29) is 36.4 Å². The van der Waals surface area contributed by atoms with Crippen molar-refractivity contribution in [1.82, 2.24) is 9.80 Å².